The lowest BCUT2D eigenvalue weighted by Crippen LogP contribution is -1.96. The van der Waals surface area contributed by atoms with E-state index in [9.17, 15) is 9.90 Å². The number of thiazole rings is 1. The van der Waals surface area contributed by atoms with Crippen LogP contribution in [0.3, 0.4) is 0 Å². The van der Waals surface area contributed by atoms with Gasteiger partial charge in [-0.1, -0.05) is 23.7 Å². The van der Waals surface area contributed by atoms with Crippen molar-refractivity contribution in [2.45, 2.75) is 19.8 Å². The largest absolute Gasteiger partial charge is 0.503 e. The normalized spacial score (nSPS) is 11.7. The zero-order valence-electron chi connectivity index (χ0n) is 14.6. The molecule has 3 rings (SSSR count). The number of carboxylic acids is 1. The molecular weight excluding hydrogens is 386 g/mol. The number of carboxylic acid groups (broad SMARTS) is 1. The minimum Gasteiger partial charge on any atom is -0.503 e. The van der Waals surface area contributed by atoms with Gasteiger partial charge in [-0.05, 0) is 54.8 Å². The maximum atomic E-state index is 11.1. The summed E-state index contributed by atoms with van der Waals surface area (Å²) in [5, 5.41) is 20.0. The van der Waals surface area contributed by atoms with Crippen LogP contribution in [0.25, 0.3) is 21.9 Å². The molecule has 0 aliphatic carbocycles. The van der Waals surface area contributed by atoms with Crippen LogP contribution in [0.2, 0.25) is 5.02 Å². The molecule has 2 N–H and O–H groups in total. The Bertz CT molecular complexity index is 979. The third-order valence-electron chi connectivity index (χ3n) is 3.87. The summed E-state index contributed by atoms with van der Waals surface area (Å²) in [6.45, 7) is 2.20. The summed E-state index contributed by atoms with van der Waals surface area (Å²) < 4.78 is 6.46. The van der Waals surface area contributed by atoms with Gasteiger partial charge >= 0.3 is 5.97 Å². The summed E-state index contributed by atoms with van der Waals surface area (Å²) in [4.78, 5) is 15.7. The van der Waals surface area contributed by atoms with Crippen LogP contribution in [-0.4, -0.2) is 27.8 Å². The predicted molar refractivity (Wildman–Crippen MR) is 109 cm³/mol. The van der Waals surface area contributed by atoms with Gasteiger partial charge in [-0.15, -0.1) is 11.3 Å². The number of phenols is 1. The molecule has 0 spiro atoms. The molecule has 0 amide bonds. The van der Waals surface area contributed by atoms with Crippen molar-refractivity contribution >= 4 is 50.8 Å². The Balaban J connectivity index is 2.05. The second-order valence-electron chi connectivity index (χ2n) is 5.83. The highest BCUT2D eigenvalue weighted by atomic mass is 35.5. The highest BCUT2D eigenvalue weighted by Gasteiger charge is 2.13. The molecule has 0 saturated heterocycles. The van der Waals surface area contributed by atoms with Crippen molar-refractivity contribution in [2.75, 3.05) is 6.61 Å². The number of aromatic nitrogens is 1. The minimum atomic E-state index is -0.874. The number of fused-ring (bicyclic) bond motifs is 1. The number of benzene rings is 2. The standard InChI is InChI=1S/C20H18ClNO4S/c1-2-26-16-11-12(10-14(21)19(16)25)9-13(7-8-18(23)24)20-22-15-5-3-4-6-17(15)27-20/h3-6,9-11,25H,2,7-8H2,1H3,(H,23,24)/b13-9+. The number of nitrogens with zero attached hydrogens (tertiary/aromatic N) is 1. The van der Waals surface area contributed by atoms with Crippen LogP contribution in [0.15, 0.2) is 36.4 Å². The Morgan fingerprint density at radius 3 is 2.78 bits per heavy atom. The second-order valence-corrected chi connectivity index (χ2v) is 7.27. The molecule has 2 aromatic carbocycles. The van der Waals surface area contributed by atoms with Crippen LogP contribution in [0.1, 0.15) is 30.3 Å². The van der Waals surface area contributed by atoms with Gasteiger partial charge in [-0.2, -0.15) is 0 Å². The number of rotatable bonds is 7. The first-order valence-electron chi connectivity index (χ1n) is 8.41. The Kier molecular flexibility index (Phi) is 5.98. The number of allylic oxidation sites excluding steroid dienone is 1. The summed E-state index contributed by atoms with van der Waals surface area (Å²) in [7, 11) is 0. The first kappa shape index (κ1) is 19.2. The molecule has 3 aromatic rings. The Labute approximate surface area is 165 Å². The predicted octanol–water partition coefficient (Wildman–Crippen LogP) is 5.46. The monoisotopic (exact) mass is 403 g/mol. The van der Waals surface area contributed by atoms with Crippen LogP contribution < -0.4 is 4.74 Å². The number of carbonyl (C=O) groups is 1. The van der Waals surface area contributed by atoms with Crippen molar-refractivity contribution in [3.8, 4) is 11.5 Å². The fraction of sp³-hybridized carbons (Fsp3) is 0.200. The summed E-state index contributed by atoms with van der Waals surface area (Å²) in [5.74, 6) is -0.693. The van der Waals surface area contributed by atoms with Gasteiger partial charge in [-0.25, -0.2) is 4.98 Å². The number of hydrogen-bond donors (Lipinski definition) is 2. The fourth-order valence-electron chi connectivity index (χ4n) is 2.64. The molecule has 27 heavy (non-hydrogen) atoms. The molecule has 0 radical (unpaired) electrons. The third kappa shape index (κ3) is 4.59. The Hall–Kier alpha value is -2.57. The average Bonchev–Trinajstić information content (AvgIpc) is 3.06. The van der Waals surface area contributed by atoms with Crippen LogP contribution in [0.5, 0.6) is 11.5 Å². The molecule has 7 heteroatoms. The number of aromatic hydroxyl groups is 1. The zero-order chi connectivity index (χ0) is 19.4. The van der Waals surface area contributed by atoms with Gasteiger partial charge in [0.15, 0.2) is 11.5 Å². The summed E-state index contributed by atoms with van der Waals surface area (Å²) in [6, 6.07) is 11.1. The second kappa shape index (κ2) is 8.41. The number of halogens is 1. The smallest absolute Gasteiger partial charge is 0.303 e. The van der Waals surface area contributed by atoms with E-state index in [1.807, 2.05) is 37.3 Å². The number of hydrogen-bond acceptors (Lipinski definition) is 5. The number of para-hydroxylation sites is 1. The molecular formula is C20H18ClNO4S. The first-order chi connectivity index (χ1) is 13.0. The minimum absolute atomic E-state index is 0.00804. The van der Waals surface area contributed by atoms with E-state index in [0.717, 1.165) is 20.8 Å². The van der Waals surface area contributed by atoms with Gasteiger partial charge in [0.05, 0.1) is 21.8 Å². The third-order valence-corrected chi connectivity index (χ3v) is 5.27. The quantitative estimate of drug-likeness (QED) is 0.547. The van der Waals surface area contributed by atoms with Crippen LogP contribution in [-0.2, 0) is 4.79 Å². The molecule has 0 fully saturated rings. The maximum Gasteiger partial charge on any atom is 0.303 e. The van der Waals surface area contributed by atoms with E-state index < -0.39 is 5.97 Å². The lowest BCUT2D eigenvalue weighted by atomic mass is 10.1. The van der Waals surface area contributed by atoms with Gasteiger partial charge < -0.3 is 14.9 Å². The zero-order valence-corrected chi connectivity index (χ0v) is 16.2. The molecule has 1 heterocycles. The number of phenolic OH excluding ortho intramolecular Hbond substituents is 1. The Morgan fingerprint density at radius 1 is 1.30 bits per heavy atom. The van der Waals surface area contributed by atoms with Crippen LogP contribution >= 0.6 is 22.9 Å². The molecule has 1 aromatic heterocycles. The van der Waals surface area contributed by atoms with Gasteiger partial charge in [0, 0.05) is 6.42 Å². The highest BCUT2D eigenvalue weighted by molar-refractivity contribution is 7.19. The lowest BCUT2D eigenvalue weighted by molar-refractivity contribution is -0.136. The van der Waals surface area contributed by atoms with E-state index in [-0.39, 0.29) is 22.9 Å². The molecule has 5 nitrogen and oxygen atoms in total. The summed E-state index contributed by atoms with van der Waals surface area (Å²) in [5.41, 5.74) is 2.38. The summed E-state index contributed by atoms with van der Waals surface area (Å²) in [6.07, 6.45) is 2.16. The molecule has 0 saturated carbocycles. The van der Waals surface area contributed by atoms with E-state index in [1.165, 1.54) is 11.3 Å². The van der Waals surface area contributed by atoms with Crippen LogP contribution in [0.4, 0.5) is 0 Å². The van der Waals surface area contributed by atoms with Crippen molar-refractivity contribution in [2.24, 2.45) is 0 Å². The van der Waals surface area contributed by atoms with Crippen molar-refractivity contribution < 1.29 is 19.7 Å². The van der Waals surface area contributed by atoms with Crippen LogP contribution in [0, 0.1) is 0 Å². The molecule has 0 atom stereocenters. The average molecular weight is 404 g/mol. The van der Waals surface area contributed by atoms with Gasteiger partial charge in [0.2, 0.25) is 0 Å². The van der Waals surface area contributed by atoms with E-state index >= 15 is 0 Å². The van der Waals surface area contributed by atoms with Crippen molar-refractivity contribution in [1.29, 1.82) is 0 Å². The van der Waals surface area contributed by atoms with Gasteiger partial charge in [-0.3, -0.25) is 4.79 Å². The van der Waals surface area contributed by atoms with Gasteiger partial charge in [0.1, 0.15) is 5.01 Å². The topological polar surface area (TPSA) is 79.7 Å². The lowest BCUT2D eigenvalue weighted by Gasteiger charge is -2.09. The molecule has 0 aliphatic rings. The molecule has 0 bridgehead atoms. The SMILES string of the molecule is CCOc1cc(/C=C(\CCC(=O)O)c2nc3ccccc3s2)cc(Cl)c1O. The van der Waals surface area contributed by atoms with E-state index in [2.05, 4.69) is 4.98 Å². The van der Waals surface area contributed by atoms with Crippen molar-refractivity contribution in [1.82, 2.24) is 4.98 Å². The van der Waals surface area contributed by atoms with E-state index in [1.54, 1.807) is 12.1 Å². The molecule has 0 aliphatic heterocycles. The fourth-order valence-corrected chi connectivity index (χ4v) is 3.86. The summed E-state index contributed by atoms with van der Waals surface area (Å²) >= 11 is 7.62. The molecule has 0 unspecified atom stereocenters. The first-order valence-corrected chi connectivity index (χ1v) is 9.61. The maximum absolute atomic E-state index is 11.1. The van der Waals surface area contributed by atoms with E-state index in [4.69, 9.17) is 21.4 Å². The number of ether oxygens (including phenoxy) is 1. The highest BCUT2D eigenvalue weighted by Crippen LogP contribution is 2.37. The van der Waals surface area contributed by atoms with Crippen molar-refractivity contribution in [3.63, 3.8) is 0 Å². The number of aliphatic carboxylic acids is 1. The van der Waals surface area contributed by atoms with Crippen molar-refractivity contribution in [3.05, 3.63) is 52.0 Å². The van der Waals surface area contributed by atoms with Gasteiger partial charge in [0.25, 0.3) is 0 Å². The Morgan fingerprint density at radius 2 is 2.07 bits per heavy atom. The molecule has 140 valence electrons. The van der Waals surface area contributed by atoms with E-state index in [0.29, 0.717) is 18.6 Å².